The fourth-order valence-electron chi connectivity index (χ4n) is 7.05. The minimum absolute atomic E-state index is 0.126. The maximum atomic E-state index is 13.4. The Morgan fingerprint density at radius 3 is 2.17 bits per heavy atom. The van der Waals surface area contributed by atoms with Gasteiger partial charge in [-0.3, -0.25) is 14.6 Å². The Kier molecular flexibility index (Phi) is 9.91. The minimum Gasteiger partial charge on any atom is -0.469 e. The molecular weight excluding hydrogens is 612 g/mol. The molecule has 1 unspecified atom stereocenters. The number of fused-ring (bicyclic) bond motifs is 8. The first kappa shape index (κ1) is 34.6. The van der Waals surface area contributed by atoms with Crippen LogP contribution in [-0.4, -0.2) is 64.3 Å². The number of esters is 3. The molecule has 0 amide bonds. The topological polar surface area (TPSA) is 156 Å². The van der Waals surface area contributed by atoms with Crippen LogP contribution in [0.2, 0.25) is 0 Å². The number of carbonyl (C=O) groups is 3. The number of nitrogens with one attached hydrogen (secondary N) is 2. The van der Waals surface area contributed by atoms with Crippen molar-refractivity contribution < 1.29 is 33.7 Å². The average Bonchev–Trinajstić information content (AvgIpc) is 3.74. The van der Waals surface area contributed by atoms with Crippen molar-refractivity contribution in [2.45, 2.75) is 85.2 Å². The van der Waals surface area contributed by atoms with Gasteiger partial charge in [-0.2, -0.15) is 0 Å². The largest absolute Gasteiger partial charge is 0.469 e. The molecule has 3 atom stereocenters. The van der Waals surface area contributed by atoms with E-state index in [0.29, 0.717) is 40.3 Å². The van der Waals surface area contributed by atoms with Gasteiger partial charge in [0.2, 0.25) is 0 Å². The van der Waals surface area contributed by atoms with Crippen molar-refractivity contribution >= 4 is 51.1 Å². The molecule has 0 saturated heterocycles. The number of aromatic amines is 2. The summed E-state index contributed by atoms with van der Waals surface area (Å²) in [5, 5.41) is 10.9. The minimum atomic E-state index is -0.743. The van der Waals surface area contributed by atoms with E-state index in [9.17, 15) is 19.5 Å². The summed E-state index contributed by atoms with van der Waals surface area (Å²) in [7, 11) is 3.97. The Labute approximate surface area is 279 Å². The first-order valence-corrected chi connectivity index (χ1v) is 16.2. The van der Waals surface area contributed by atoms with E-state index in [4.69, 9.17) is 24.2 Å². The third-order valence-corrected chi connectivity index (χ3v) is 9.77. The van der Waals surface area contributed by atoms with E-state index in [0.717, 1.165) is 50.7 Å². The summed E-state index contributed by atoms with van der Waals surface area (Å²) in [4.78, 5) is 56.0. The molecule has 8 bridgehead atoms. The number of allylic oxidation sites excluding steroid dienone is 1. The number of rotatable bonds is 8. The van der Waals surface area contributed by atoms with Crippen LogP contribution in [0.25, 0.3) is 33.2 Å². The van der Waals surface area contributed by atoms with Crippen LogP contribution < -0.4 is 0 Å². The molecule has 2 aliphatic heterocycles. The van der Waals surface area contributed by atoms with Gasteiger partial charge in [0, 0.05) is 57.1 Å². The highest BCUT2D eigenvalue weighted by molar-refractivity contribution is 6.25. The number of aryl methyl sites for hydroxylation is 3. The van der Waals surface area contributed by atoms with Crippen molar-refractivity contribution in [3.8, 4) is 0 Å². The number of hydrogen-bond acceptors (Lipinski definition) is 9. The van der Waals surface area contributed by atoms with Gasteiger partial charge in [0.25, 0.3) is 0 Å². The Morgan fingerprint density at radius 1 is 0.875 bits per heavy atom. The number of aliphatic hydroxyl groups is 1. The maximum absolute atomic E-state index is 13.4. The lowest BCUT2D eigenvalue weighted by molar-refractivity contribution is -0.141. The number of aromatic nitrogens is 4. The van der Waals surface area contributed by atoms with E-state index in [1.165, 1.54) is 21.3 Å². The molecule has 48 heavy (non-hydrogen) atoms. The zero-order valence-corrected chi connectivity index (χ0v) is 29.1. The van der Waals surface area contributed by atoms with E-state index >= 15 is 0 Å². The lowest BCUT2D eigenvalue weighted by atomic mass is 9.84. The lowest BCUT2D eigenvalue weighted by Gasteiger charge is -2.18. The van der Waals surface area contributed by atoms with E-state index in [2.05, 4.69) is 23.8 Å². The molecule has 0 saturated carbocycles. The summed E-state index contributed by atoms with van der Waals surface area (Å²) >= 11 is 0. The van der Waals surface area contributed by atoms with Crippen LogP contribution in [0.1, 0.15) is 109 Å². The number of nitrogens with zero attached hydrogens (tertiary/aromatic N) is 2. The van der Waals surface area contributed by atoms with Crippen LogP contribution in [0.3, 0.4) is 0 Å². The Bertz CT molecular complexity index is 2000. The van der Waals surface area contributed by atoms with Crippen molar-refractivity contribution in [3.05, 3.63) is 68.8 Å². The Balaban J connectivity index is 2.03. The molecule has 0 radical (unpaired) electrons. The van der Waals surface area contributed by atoms with Gasteiger partial charge in [0.1, 0.15) is 0 Å². The number of methoxy groups -OCH3 is 3. The second-order valence-electron chi connectivity index (χ2n) is 12.5. The van der Waals surface area contributed by atoms with Crippen molar-refractivity contribution in [2.75, 3.05) is 21.3 Å². The first-order chi connectivity index (χ1) is 22.8. The molecule has 0 aliphatic carbocycles. The van der Waals surface area contributed by atoms with Gasteiger partial charge < -0.3 is 29.3 Å². The molecule has 5 heterocycles. The smallest absolute Gasteiger partial charge is 0.340 e. The van der Waals surface area contributed by atoms with Gasteiger partial charge in [-0.05, 0) is 81.0 Å². The monoisotopic (exact) mass is 656 g/mol. The molecule has 11 heteroatoms. The van der Waals surface area contributed by atoms with Crippen molar-refractivity contribution in [1.29, 1.82) is 0 Å². The fourth-order valence-corrected chi connectivity index (χ4v) is 7.05. The van der Waals surface area contributed by atoms with Gasteiger partial charge in [-0.25, -0.2) is 9.78 Å². The molecule has 5 rings (SSSR count). The number of aliphatic hydroxyl groups excluding tert-OH is 1. The number of H-pyrrole nitrogens is 2. The van der Waals surface area contributed by atoms with Crippen LogP contribution in [0.15, 0.2) is 18.2 Å². The molecule has 3 aromatic heterocycles. The summed E-state index contributed by atoms with van der Waals surface area (Å²) in [5.41, 5.74) is 10.4. The van der Waals surface area contributed by atoms with Crippen LogP contribution in [0, 0.1) is 13.8 Å². The zero-order valence-electron chi connectivity index (χ0n) is 29.1. The molecule has 3 aromatic rings. The second-order valence-corrected chi connectivity index (χ2v) is 12.5. The van der Waals surface area contributed by atoms with Gasteiger partial charge >= 0.3 is 17.9 Å². The third-order valence-electron chi connectivity index (χ3n) is 9.77. The number of hydrogen-bond donors (Lipinski definition) is 3. The predicted octanol–water partition coefficient (Wildman–Crippen LogP) is 6.21. The van der Waals surface area contributed by atoms with Gasteiger partial charge in [0.15, 0.2) is 0 Å². The standard InChI is InChI=1S/C37H44N4O7/c1-10-22-17(2)25-16-30-33(21(6)42)19(4)27(39-30)14-26-18(3)23(11-12-31(43)46-7)35(40-26)24(13-32(44)47-8)36-34(37(45)48-9)20(5)28(41-36)15-29(22)38-25/h14-16,18,21,23,38-39,42H,10-13H2,1-9H3/t18-,21?,23-/m0/s1. The summed E-state index contributed by atoms with van der Waals surface area (Å²) in [6, 6.07) is 5.88. The maximum Gasteiger partial charge on any atom is 0.340 e. The molecule has 254 valence electrons. The van der Waals surface area contributed by atoms with Crippen LogP contribution in [0.5, 0.6) is 0 Å². The molecular formula is C37H44N4O7. The summed E-state index contributed by atoms with van der Waals surface area (Å²) in [5.74, 6) is -1.99. The van der Waals surface area contributed by atoms with E-state index < -0.39 is 18.0 Å². The van der Waals surface area contributed by atoms with Crippen molar-refractivity contribution in [3.63, 3.8) is 0 Å². The summed E-state index contributed by atoms with van der Waals surface area (Å²) in [6.07, 6.45) is 0.294. The van der Waals surface area contributed by atoms with Crippen LogP contribution in [-0.2, 0) is 41.4 Å². The molecule has 0 spiro atoms. The molecule has 11 nitrogen and oxygen atoms in total. The highest BCUT2D eigenvalue weighted by Crippen LogP contribution is 2.44. The molecule has 0 fully saturated rings. The fraction of sp³-hybridized carbons (Fsp3) is 0.432. The summed E-state index contributed by atoms with van der Waals surface area (Å²) in [6.45, 7) is 11.7. The Morgan fingerprint density at radius 2 is 1.54 bits per heavy atom. The first-order valence-electron chi connectivity index (χ1n) is 16.2. The normalized spacial score (nSPS) is 16.5. The van der Waals surface area contributed by atoms with Gasteiger partial charge in [0.05, 0.1) is 56.5 Å². The van der Waals surface area contributed by atoms with Crippen molar-refractivity contribution in [2.24, 2.45) is 0 Å². The van der Waals surface area contributed by atoms with E-state index in [1.807, 2.05) is 39.0 Å². The number of carbonyl (C=O) groups excluding carboxylic acids is 3. The molecule has 2 aliphatic rings. The van der Waals surface area contributed by atoms with E-state index in [-0.39, 0.29) is 36.2 Å². The highest BCUT2D eigenvalue weighted by Gasteiger charge is 2.36. The second kappa shape index (κ2) is 13.8. The van der Waals surface area contributed by atoms with E-state index in [1.54, 1.807) is 6.92 Å². The quantitative estimate of drug-likeness (QED) is 0.190. The average molecular weight is 657 g/mol. The van der Waals surface area contributed by atoms with Gasteiger partial charge in [-0.1, -0.05) is 13.8 Å². The van der Waals surface area contributed by atoms with Crippen LogP contribution >= 0.6 is 0 Å². The third kappa shape index (κ3) is 6.14. The SMILES string of the molecule is CCc1c(C)c2cc3[nH]c(cc4nc(c(CC(=O)OC)c5nc(cc1[nH]2)C(C)=C5C(=O)OC)[C@@H](CCC(=O)OC)[C@@H]4C)c(C)c3C(C)O. The molecule has 3 N–H and O–H groups in total. The highest BCUT2D eigenvalue weighted by atomic mass is 16.5. The number of ether oxygens (including phenoxy) is 3. The Hall–Kier alpha value is -4.77. The lowest BCUT2D eigenvalue weighted by Crippen LogP contribution is -2.15. The van der Waals surface area contributed by atoms with Crippen molar-refractivity contribution in [1.82, 2.24) is 19.9 Å². The van der Waals surface area contributed by atoms with Gasteiger partial charge in [-0.15, -0.1) is 0 Å². The predicted molar refractivity (Wildman–Crippen MR) is 183 cm³/mol. The summed E-state index contributed by atoms with van der Waals surface area (Å²) < 4.78 is 15.3. The molecule has 0 aromatic carbocycles. The van der Waals surface area contributed by atoms with Crippen LogP contribution in [0.4, 0.5) is 0 Å². The zero-order chi connectivity index (χ0) is 35.0.